The third-order valence-electron chi connectivity index (χ3n) is 6.76. The van der Waals surface area contributed by atoms with E-state index >= 15 is 0 Å². The Morgan fingerprint density at radius 3 is 2.37 bits per heavy atom. The summed E-state index contributed by atoms with van der Waals surface area (Å²) in [6, 6.07) is 19.2. The van der Waals surface area contributed by atoms with Crippen molar-refractivity contribution in [2.45, 2.75) is 37.4 Å². The molecule has 2 heterocycles. The molecule has 1 aliphatic carbocycles. The number of imidazole rings is 1. The molecule has 5 rings (SSSR count). The van der Waals surface area contributed by atoms with Crippen molar-refractivity contribution in [3.63, 3.8) is 0 Å². The zero-order chi connectivity index (χ0) is 24.3. The lowest BCUT2D eigenvalue weighted by Crippen LogP contribution is -2.48. The number of hydrogen-bond acceptors (Lipinski definition) is 8. The molecule has 1 fully saturated rings. The Morgan fingerprint density at radius 1 is 1.00 bits per heavy atom. The van der Waals surface area contributed by atoms with Crippen LogP contribution in [0.5, 0.6) is 0 Å². The Labute approximate surface area is 203 Å². The number of aromatic nitrogens is 4. The summed E-state index contributed by atoms with van der Waals surface area (Å²) in [6.45, 7) is 0.523. The second-order valence-corrected chi connectivity index (χ2v) is 8.93. The van der Waals surface area contributed by atoms with Crippen molar-refractivity contribution in [1.29, 1.82) is 0 Å². The summed E-state index contributed by atoms with van der Waals surface area (Å²) < 4.78 is 14.1. The standard InChI is InChI=1S/C26H29N5O4/c27-25-28-12-21-24(30-25)31(17-29-21)23-11-22(35-14-19-9-5-2-6-10-19)20(26(23,33)16-32)15-34-13-18-7-3-1-4-8-18/h1-10,12,17,20,22-23,32-33H,11,13-16H2,(H2,27,28,30)/t20-,22+,23+,26+/m1/s1. The van der Waals surface area contributed by atoms with Gasteiger partial charge in [0.15, 0.2) is 5.65 Å². The quantitative estimate of drug-likeness (QED) is 0.337. The number of nitrogens with zero attached hydrogens (tertiary/aromatic N) is 4. The van der Waals surface area contributed by atoms with E-state index in [2.05, 4.69) is 15.0 Å². The maximum Gasteiger partial charge on any atom is 0.222 e. The minimum Gasteiger partial charge on any atom is -0.393 e. The number of hydrogen-bond donors (Lipinski definition) is 3. The van der Waals surface area contributed by atoms with E-state index in [0.717, 1.165) is 11.1 Å². The van der Waals surface area contributed by atoms with Gasteiger partial charge in [0.05, 0.1) is 51.1 Å². The Morgan fingerprint density at radius 2 is 1.69 bits per heavy atom. The summed E-state index contributed by atoms with van der Waals surface area (Å²) in [7, 11) is 0. The monoisotopic (exact) mass is 475 g/mol. The number of benzene rings is 2. The molecule has 2 aromatic heterocycles. The van der Waals surface area contributed by atoms with E-state index in [4.69, 9.17) is 15.2 Å². The third kappa shape index (κ3) is 4.76. The van der Waals surface area contributed by atoms with Crippen molar-refractivity contribution < 1.29 is 19.7 Å². The van der Waals surface area contributed by atoms with Crippen LogP contribution in [0.3, 0.4) is 0 Å². The predicted octanol–water partition coefficient (Wildman–Crippen LogP) is 2.50. The van der Waals surface area contributed by atoms with Crippen LogP contribution < -0.4 is 5.73 Å². The van der Waals surface area contributed by atoms with E-state index in [1.807, 2.05) is 60.7 Å². The lowest BCUT2D eigenvalue weighted by molar-refractivity contribution is -0.120. The van der Waals surface area contributed by atoms with Crippen LogP contribution in [0.15, 0.2) is 73.2 Å². The molecule has 2 aromatic carbocycles. The Kier molecular flexibility index (Phi) is 6.74. The van der Waals surface area contributed by atoms with Gasteiger partial charge in [-0.15, -0.1) is 0 Å². The van der Waals surface area contributed by atoms with Gasteiger partial charge < -0.3 is 30.0 Å². The summed E-state index contributed by atoms with van der Waals surface area (Å²) >= 11 is 0. The van der Waals surface area contributed by atoms with Crippen LogP contribution in [0, 0.1) is 5.92 Å². The summed E-state index contributed by atoms with van der Waals surface area (Å²) in [5.74, 6) is -0.369. The number of nitrogen functional groups attached to an aromatic ring is 1. The molecule has 0 aliphatic heterocycles. The second kappa shape index (κ2) is 10.1. The average Bonchev–Trinajstić information content (AvgIpc) is 3.42. The molecule has 182 valence electrons. The normalized spacial score (nSPS) is 24.2. The maximum atomic E-state index is 11.9. The van der Waals surface area contributed by atoms with Gasteiger partial charge in [-0.3, -0.25) is 0 Å². The first-order valence-corrected chi connectivity index (χ1v) is 11.6. The molecule has 4 atom stereocenters. The summed E-state index contributed by atoms with van der Waals surface area (Å²) in [5, 5.41) is 22.3. The molecule has 1 aliphatic rings. The fourth-order valence-corrected chi connectivity index (χ4v) is 4.89. The molecular weight excluding hydrogens is 446 g/mol. The van der Waals surface area contributed by atoms with Crippen molar-refractivity contribution >= 4 is 17.1 Å². The maximum absolute atomic E-state index is 11.9. The van der Waals surface area contributed by atoms with Crippen molar-refractivity contribution in [3.05, 3.63) is 84.3 Å². The first kappa shape index (κ1) is 23.4. The van der Waals surface area contributed by atoms with E-state index in [9.17, 15) is 10.2 Å². The van der Waals surface area contributed by atoms with Gasteiger partial charge in [-0.1, -0.05) is 60.7 Å². The number of rotatable bonds is 9. The Hall–Kier alpha value is -3.37. The highest BCUT2D eigenvalue weighted by atomic mass is 16.5. The van der Waals surface area contributed by atoms with Crippen LogP contribution in [-0.2, 0) is 22.7 Å². The lowest BCUT2D eigenvalue weighted by Gasteiger charge is -2.34. The molecule has 0 spiro atoms. The molecular formula is C26H29N5O4. The van der Waals surface area contributed by atoms with Gasteiger partial charge >= 0.3 is 0 Å². The van der Waals surface area contributed by atoms with E-state index in [1.54, 1.807) is 17.1 Å². The fourth-order valence-electron chi connectivity index (χ4n) is 4.89. The number of ether oxygens (including phenoxy) is 2. The van der Waals surface area contributed by atoms with Gasteiger partial charge in [-0.2, -0.15) is 4.98 Å². The smallest absolute Gasteiger partial charge is 0.222 e. The largest absolute Gasteiger partial charge is 0.393 e. The molecule has 4 aromatic rings. The minimum absolute atomic E-state index is 0.115. The molecule has 35 heavy (non-hydrogen) atoms. The number of nitrogens with two attached hydrogens (primary N) is 1. The van der Waals surface area contributed by atoms with Crippen molar-refractivity contribution in [1.82, 2.24) is 19.5 Å². The molecule has 0 radical (unpaired) electrons. The summed E-state index contributed by atoms with van der Waals surface area (Å²) in [4.78, 5) is 12.7. The van der Waals surface area contributed by atoms with Crippen molar-refractivity contribution in [3.8, 4) is 0 Å². The molecule has 0 unspecified atom stereocenters. The predicted molar refractivity (Wildman–Crippen MR) is 130 cm³/mol. The first-order valence-electron chi connectivity index (χ1n) is 11.6. The van der Waals surface area contributed by atoms with Crippen LogP contribution in [0.25, 0.3) is 11.2 Å². The Balaban J connectivity index is 1.42. The molecule has 9 heteroatoms. The van der Waals surface area contributed by atoms with Gasteiger partial charge in [-0.25, -0.2) is 9.97 Å². The van der Waals surface area contributed by atoms with Crippen LogP contribution in [0.1, 0.15) is 23.6 Å². The van der Waals surface area contributed by atoms with Crippen LogP contribution in [-0.4, -0.2) is 54.7 Å². The number of fused-ring (bicyclic) bond motifs is 1. The topological polar surface area (TPSA) is 129 Å². The number of aliphatic hydroxyl groups excluding tert-OH is 1. The van der Waals surface area contributed by atoms with E-state index < -0.39 is 24.2 Å². The van der Waals surface area contributed by atoms with Gasteiger partial charge in [-0.05, 0) is 17.5 Å². The number of anilines is 1. The van der Waals surface area contributed by atoms with Crippen LogP contribution >= 0.6 is 0 Å². The van der Waals surface area contributed by atoms with Crippen LogP contribution in [0.4, 0.5) is 5.95 Å². The van der Waals surface area contributed by atoms with E-state index in [0.29, 0.717) is 30.8 Å². The summed E-state index contributed by atoms with van der Waals surface area (Å²) in [6.07, 6.45) is 3.22. The van der Waals surface area contributed by atoms with Crippen LogP contribution in [0.2, 0.25) is 0 Å². The lowest BCUT2D eigenvalue weighted by atomic mass is 9.88. The second-order valence-electron chi connectivity index (χ2n) is 8.93. The highest BCUT2D eigenvalue weighted by molar-refractivity contribution is 5.70. The number of aliphatic hydroxyl groups is 2. The average molecular weight is 476 g/mol. The van der Waals surface area contributed by atoms with Crippen molar-refractivity contribution in [2.24, 2.45) is 5.92 Å². The highest BCUT2D eigenvalue weighted by Crippen LogP contribution is 2.46. The van der Waals surface area contributed by atoms with Gasteiger partial charge in [0.25, 0.3) is 0 Å². The minimum atomic E-state index is -1.52. The molecule has 9 nitrogen and oxygen atoms in total. The summed E-state index contributed by atoms with van der Waals surface area (Å²) in [5.41, 5.74) is 7.42. The first-order chi connectivity index (χ1) is 17.1. The Bertz CT molecular complexity index is 1250. The molecule has 0 bridgehead atoms. The zero-order valence-corrected chi connectivity index (χ0v) is 19.3. The third-order valence-corrected chi connectivity index (χ3v) is 6.76. The van der Waals surface area contributed by atoms with Gasteiger partial charge in [0.1, 0.15) is 11.1 Å². The van der Waals surface area contributed by atoms with E-state index in [-0.39, 0.29) is 18.7 Å². The molecule has 4 N–H and O–H groups in total. The zero-order valence-electron chi connectivity index (χ0n) is 19.3. The highest BCUT2D eigenvalue weighted by Gasteiger charge is 2.56. The fraction of sp³-hybridized carbons (Fsp3) is 0.346. The molecule has 1 saturated carbocycles. The molecule has 0 amide bonds. The molecule has 0 saturated heterocycles. The van der Waals surface area contributed by atoms with Crippen molar-refractivity contribution in [2.75, 3.05) is 18.9 Å². The van der Waals surface area contributed by atoms with Gasteiger partial charge in [0, 0.05) is 5.92 Å². The SMILES string of the molecule is Nc1ncc2ncn([C@H]3C[C@H](OCc4ccccc4)[C@@H](COCc4ccccc4)[C@@]3(O)CO)c2n1. The van der Waals surface area contributed by atoms with E-state index in [1.165, 1.54) is 0 Å². The van der Waals surface area contributed by atoms with Gasteiger partial charge in [0.2, 0.25) is 5.95 Å².